The molecule has 3 aromatic heterocycles. The second-order valence-electron chi connectivity index (χ2n) is 6.21. The summed E-state index contributed by atoms with van der Waals surface area (Å²) in [6, 6.07) is 14.1. The number of nitro groups is 1. The molecule has 4 aromatic rings. The van der Waals surface area contributed by atoms with Crippen molar-refractivity contribution in [3.63, 3.8) is 0 Å². The second-order valence-corrected chi connectivity index (χ2v) is 6.21. The van der Waals surface area contributed by atoms with Crippen molar-refractivity contribution in [2.24, 2.45) is 0 Å². The summed E-state index contributed by atoms with van der Waals surface area (Å²) in [5.74, 6) is -0.0511. The number of aromatic nitrogens is 4. The summed E-state index contributed by atoms with van der Waals surface area (Å²) in [6.07, 6.45) is 4.99. The van der Waals surface area contributed by atoms with E-state index in [0.29, 0.717) is 5.65 Å². The van der Waals surface area contributed by atoms with Crippen molar-refractivity contribution in [3.8, 4) is 5.69 Å². The van der Waals surface area contributed by atoms with Crippen molar-refractivity contribution in [2.75, 3.05) is 5.32 Å². The minimum absolute atomic E-state index is 0.0511. The Morgan fingerprint density at radius 2 is 1.89 bits per heavy atom. The number of anilines is 1. The van der Waals surface area contributed by atoms with Crippen LogP contribution in [0, 0.1) is 10.1 Å². The Morgan fingerprint density at radius 1 is 1.11 bits per heavy atom. The fourth-order valence-electron chi connectivity index (χ4n) is 2.97. The third kappa shape index (κ3) is 3.09. The molecule has 0 spiro atoms. The highest BCUT2D eigenvalue weighted by Crippen LogP contribution is 2.24. The van der Waals surface area contributed by atoms with Crippen LogP contribution in [-0.2, 0) is 0 Å². The molecule has 9 heteroatoms. The SMILES string of the molecule is CC(Nc1nc2ccccn2c(=O)c1[N+](=O)[O-])c1ccc(-n2cccn2)cc1. The van der Waals surface area contributed by atoms with E-state index in [1.54, 1.807) is 29.1 Å². The van der Waals surface area contributed by atoms with Gasteiger partial charge in [-0.15, -0.1) is 0 Å². The van der Waals surface area contributed by atoms with Gasteiger partial charge in [0.25, 0.3) is 0 Å². The van der Waals surface area contributed by atoms with Crippen molar-refractivity contribution < 1.29 is 4.92 Å². The van der Waals surface area contributed by atoms with E-state index in [1.165, 1.54) is 6.20 Å². The summed E-state index contributed by atoms with van der Waals surface area (Å²) in [6.45, 7) is 1.85. The van der Waals surface area contributed by atoms with Gasteiger partial charge in [-0.2, -0.15) is 5.10 Å². The second kappa shape index (κ2) is 6.95. The Labute approximate surface area is 159 Å². The van der Waals surface area contributed by atoms with Crippen LogP contribution >= 0.6 is 0 Å². The van der Waals surface area contributed by atoms with E-state index in [1.807, 2.05) is 43.5 Å². The van der Waals surface area contributed by atoms with Gasteiger partial charge in [0.05, 0.1) is 16.7 Å². The molecular weight excluding hydrogens is 360 g/mol. The van der Waals surface area contributed by atoms with E-state index in [2.05, 4.69) is 15.4 Å². The Morgan fingerprint density at radius 3 is 2.57 bits per heavy atom. The monoisotopic (exact) mass is 376 g/mol. The molecule has 0 aliphatic heterocycles. The van der Waals surface area contributed by atoms with E-state index in [9.17, 15) is 14.9 Å². The van der Waals surface area contributed by atoms with Gasteiger partial charge in [-0.25, -0.2) is 9.67 Å². The fraction of sp³-hybridized carbons (Fsp3) is 0.105. The Kier molecular flexibility index (Phi) is 4.32. The lowest BCUT2D eigenvalue weighted by Gasteiger charge is -2.16. The maximum absolute atomic E-state index is 12.5. The lowest BCUT2D eigenvalue weighted by atomic mass is 10.1. The highest BCUT2D eigenvalue weighted by atomic mass is 16.6. The van der Waals surface area contributed by atoms with Gasteiger partial charge in [-0.1, -0.05) is 18.2 Å². The maximum atomic E-state index is 12.5. The Balaban J connectivity index is 1.68. The van der Waals surface area contributed by atoms with Gasteiger partial charge in [0.15, 0.2) is 0 Å². The molecule has 1 atom stereocenters. The number of benzene rings is 1. The molecule has 28 heavy (non-hydrogen) atoms. The predicted molar refractivity (Wildman–Crippen MR) is 104 cm³/mol. The molecule has 0 aliphatic rings. The van der Waals surface area contributed by atoms with Crippen molar-refractivity contribution in [2.45, 2.75) is 13.0 Å². The zero-order chi connectivity index (χ0) is 19.7. The van der Waals surface area contributed by atoms with Crippen LogP contribution in [0.15, 0.2) is 71.9 Å². The minimum atomic E-state index is -0.723. The van der Waals surface area contributed by atoms with E-state index < -0.39 is 16.2 Å². The quantitative estimate of drug-likeness (QED) is 0.424. The molecule has 0 amide bonds. The maximum Gasteiger partial charge on any atom is 0.376 e. The first-order valence-corrected chi connectivity index (χ1v) is 8.57. The number of hydrogen-bond acceptors (Lipinski definition) is 6. The minimum Gasteiger partial charge on any atom is -0.358 e. The molecule has 3 heterocycles. The number of fused-ring (bicyclic) bond motifs is 1. The summed E-state index contributed by atoms with van der Waals surface area (Å²) >= 11 is 0. The number of rotatable bonds is 5. The van der Waals surface area contributed by atoms with Gasteiger partial charge >= 0.3 is 11.2 Å². The number of hydrogen-bond donors (Lipinski definition) is 1. The van der Waals surface area contributed by atoms with E-state index >= 15 is 0 Å². The van der Waals surface area contributed by atoms with E-state index in [4.69, 9.17) is 0 Å². The van der Waals surface area contributed by atoms with Crippen LogP contribution in [0.2, 0.25) is 0 Å². The Bertz CT molecular complexity index is 1200. The predicted octanol–water partition coefficient (Wildman–Crippen LogP) is 2.96. The third-order valence-corrected chi connectivity index (χ3v) is 4.41. The fourth-order valence-corrected chi connectivity index (χ4v) is 2.97. The zero-order valence-electron chi connectivity index (χ0n) is 14.9. The van der Waals surface area contributed by atoms with Crippen LogP contribution in [0.5, 0.6) is 0 Å². The van der Waals surface area contributed by atoms with E-state index in [0.717, 1.165) is 15.7 Å². The summed E-state index contributed by atoms with van der Waals surface area (Å²) < 4.78 is 2.89. The molecule has 0 saturated carbocycles. The average molecular weight is 376 g/mol. The largest absolute Gasteiger partial charge is 0.376 e. The molecule has 0 saturated heterocycles. The zero-order valence-corrected chi connectivity index (χ0v) is 14.9. The van der Waals surface area contributed by atoms with Crippen LogP contribution in [0.1, 0.15) is 18.5 Å². The normalized spacial score (nSPS) is 12.0. The molecule has 140 valence electrons. The van der Waals surface area contributed by atoms with Crippen LogP contribution in [-0.4, -0.2) is 24.1 Å². The van der Waals surface area contributed by atoms with Gasteiger partial charge in [-0.3, -0.25) is 19.3 Å². The van der Waals surface area contributed by atoms with Crippen molar-refractivity contribution in [1.82, 2.24) is 19.2 Å². The molecule has 4 rings (SSSR count). The molecule has 9 nitrogen and oxygen atoms in total. The van der Waals surface area contributed by atoms with Gasteiger partial charge < -0.3 is 5.32 Å². The number of nitrogens with zero attached hydrogens (tertiary/aromatic N) is 5. The van der Waals surface area contributed by atoms with Gasteiger partial charge in [-0.05, 0) is 42.8 Å². The third-order valence-electron chi connectivity index (χ3n) is 4.41. The van der Waals surface area contributed by atoms with Crippen molar-refractivity contribution in [1.29, 1.82) is 0 Å². The number of pyridine rings is 1. The lowest BCUT2D eigenvalue weighted by Crippen LogP contribution is -2.22. The average Bonchev–Trinajstić information content (AvgIpc) is 3.23. The van der Waals surface area contributed by atoms with Gasteiger partial charge in [0, 0.05) is 18.6 Å². The molecular formula is C19H16N6O3. The highest BCUT2D eigenvalue weighted by molar-refractivity contribution is 5.60. The van der Waals surface area contributed by atoms with Gasteiger partial charge in [0.2, 0.25) is 5.82 Å². The van der Waals surface area contributed by atoms with E-state index in [-0.39, 0.29) is 11.9 Å². The first kappa shape index (κ1) is 17.4. The summed E-state index contributed by atoms with van der Waals surface area (Å²) in [5, 5.41) is 18.7. The molecule has 0 aliphatic carbocycles. The van der Waals surface area contributed by atoms with Crippen LogP contribution in [0.4, 0.5) is 11.5 Å². The first-order valence-electron chi connectivity index (χ1n) is 8.57. The highest BCUT2D eigenvalue weighted by Gasteiger charge is 2.24. The van der Waals surface area contributed by atoms with Crippen LogP contribution in [0.25, 0.3) is 11.3 Å². The van der Waals surface area contributed by atoms with Gasteiger partial charge in [0.1, 0.15) is 5.65 Å². The van der Waals surface area contributed by atoms with Crippen molar-refractivity contribution in [3.05, 3.63) is 93.2 Å². The lowest BCUT2D eigenvalue weighted by molar-refractivity contribution is -0.385. The standard InChI is InChI=1S/C19H16N6O3/c1-13(14-6-8-15(9-7-14)24-12-4-10-20-24)21-18-17(25(27)28)19(26)23-11-3-2-5-16(23)22-18/h2-13,21H,1H3. The Hall–Kier alpha value is -4.01. The molecule has 0 radical (unpaired) electrons. The van der Waals surface area contributed by atoms with Crippen molar-refractivity contribution >= 4 is 17.2 Å². The summed E-state index contributed by atoms with van der Waals surface area (Å²) in [4.78, 5) is 27.6. The number of nitrogens with one attached hydrogen (secondary N) is 1. The molecule has 0 bridgehead atoms. The van der Waals surface area contributed by atoms with Crippen LogP contribution in [0.3, 0.4) is 0 Å². The molecule has 1 N–H and O–H groups in total. The van der Waals surface area contributed by atoms with Crippen LogP contribution < -0.4 is 10.9 Å². The first-order chi connectivity index (χ1) is 13.5. The molecule has 1 aromatic carbocycles. The summed E-state index contributed by atoms with van der Waals surface area (Å²) in [7, 11) is 0. The topological polar surface area (TPSA) is 107 Å². The smallest absolute Gasteiger partial charge is 0.358 e. The summed E-state index contributed by atoms with van der Waals surface area (Å²) in [5.41, 5.74) is 0.819. The molecule has 0 fully saturated rings. The molecule has 1 unspecified atom stereocenters.